The maximum atomic E-state index is 12.9. The van der Waals surface area contributed by atoms with Gasteiger partial charge in [0.15, 0.2) is 0 Å². The smallest absolute Gasteiger partial charge is 0.123 e. The van der Waals surface area contributed by atoms with E-state index < -0.39 is 0 Å². The van der Waals surface area contributed by atoms with Gasteiger partial charge in [0.25, 0.3) is 0 Å². The summed E-state index contributed by atoms with van der Waals surface area (Å²) in [4.78, 5) is 2.26. The van der Waals surface area contributed by atoms with Crippen molar-refractivity contribution in [1.82, 2.24) is 5.32 Å². The summed E-state index contributed by atoms with van der Waals surface area (Å²) in [5.41, 5.74) is 1.08. The molecule has 0 radical (unpaired) electrons. The largest absolute Gasteiger partial charge is 0.378 e. The maximum absolute atomic E-state index is 12.9. The normalized spacial score (nSPS) is 16.3. The Hall–Kier alpha value is -1.13. The minimum Gasteiger partial charge on any atom is -0.378 e. The van der Waals surface area contributed by atoms with Crippen LogP contribution in [0.15, 0.2) is 24.3 Å². The molecule has 1 aliphatic rings. The molecule has 4 heteroatoms. The lowest BCUT2D eigenvalue weighted by molar-refractivity contribution is 0.0324. The van der Waals surface area contributed by atoms with E-state index in [1.165, 1.54) is 12.1 Å². The Morgan fingerprint density at radius 2 is 1.95 bits per heavy atom. The monoisotopic (exact) mass is 280 g/mol. The second-order valence-corrected chi connectivity index (χ2v) is 5.23. The number of benzene rings is 1. The molecule has 1 saturated heterocycles. The number of nitrogens with zero attached hydrogens (tertiary/aromatic N) is 1. The number of piperidine rings is 1. The van der Waals surface area contributed by atoms with E-state index in [1.807, 2.05) is 12.1 Å². The zero-order chi connectivity index (χ0) is 14.2. The van der Waals surface area contributed by atoms with E-state index in [0.29, 0.717) is 6.10 Å². The van der Waals surface area contributed by atoms with Crippen molar-refractivity contribution in [3.8, 4) is 0 Å². The van der Waals surface area contributed by atoms with E-state index in [2.05, 4.69) is 17.1 Å². The van der Waals surface area contributed by atoms with Gasteiger partial charge in [0.05, 0.1) is 6.10 Å². The van der Waals surface area contributed by atoms with Gasteiger partial charge in [-0.05, 0) is 63.5 Å². The minimum atomic E-state index is -0.181. The average Bonchev–Trinajstić information content (AvgIpc) is 2.50. The fraction of sp³-hybridized carbons (Fsp3) is 0.625. The van der Waals surface area contributed by atoms with Crippen LogP contribution in [0.25, 0.3) is 0 Å². The van der Waals surface area contributed by atoms with Crippen LogP contribution in [-0.4, -0.2) is 38.9 Å². The second-order valence-electron chi connectivity index (χ2n) is 5.23. The van der Waals surface area contributed by atoms with Crippen LogP contribution < -0.4 is 10.2 Å². The molecule has 0 aromatic heterocycles. The van der Waals surface area contributed by atoms with E-state index in [0.717, 1.165) is 57.7 Å². The Kier molecular flexibility index (Phi) is 6.27. The standard InChI is InChI=1S/C16H25FN2O/c1-2-19(15-6-4-14(17)5-7-15)12-3-13-20-16-8-10-18-11-9-16/h4-7,16,18H,2-3,8-13H2,1H3. The predicted octanol–water partition coefficient (Wildman–Crippen LogP) is 2.81. The number of ether oxygens (including phenoxy) is 1. The molecule has 3 nitrogen and oxygen atoms in total. The molecule has 112 valence electrons. The van der Waals surface area contributed by atoms with Crippen LogP contribution in [0.1, 0.15) is 26.2 Å². The van der Waals surface area contributed by atoms with Crippen LogP contribution in [0, 0.1) is 5.82 Å². The third-order valence-corrected chi connectivity index (χ3v) is 3.79. The lowest BCUT2D eigenvalue weighted by Crippen LogP contribution is -2.33. The molecule has 0 amide bonds. The molecule has 1 aliphatic heterocycles. The van der Waals surface area contributed by atoms with Crippen LogP contribution in [0.5, 0.6) is 0 Å². The van der Waals surface area contributed by atoms with E-state index in [9.17, 15) is 4.39 Å². The average molecular weight is 280 g/mol. The van der Waals surface area contributed by atoms with Crippen molar-refractivity contribution in [3.05, 3.63) is 30.1 Å². The minimum absolute atomic E-state index is 0.181. The van der Waals surface area contributed by atoms with Crippen LogP contribution in [0.2, 0.25) is 0 Å². The van der Waals surface area contributed by atoms with Gasteiger partial charge in [-0.1, -0.05) is 0 Å². The van der Waals surface area contributed by atoms with Crippen molar-refractivity contribution in [3.63, 3.8) is 0 Å². The van der Waals surface area contributed by atoms with E-state index in [1.54, 1.807) is 0 Å². The Bertz CT molecular complexity index is 377. The fourth-order valence-corrected chi connectivity index (χ4v) is 2.59. The summed E-state index contributed by atoms with van der Waals surface area (Å²) in [7, 11) is 0. The number of hydrogen-bond acceptors (Lipinski definition) is 3. The van der Waals surface area contributed by atoms with Crippen LogP contribution in [0.4, 0.5) is 10.1 Å². The molecule has 1 fully saturated rings. The van der Waals surface area contributed by atoms with Gasteiger partial charge in [-0.15, -0.1) is 0 Å². The SMILES string of the molecule is CCN(CCCOC1CCNCC1)c1ccc(F)cc1. The second kappa shape index (κ2) is 8.22. The molecule has 0 aliphatic carbocycles. The summed E-state index contributed by atoms with van der Waals surface area (Å²) in [6.45, 7) is 6.95. The van der Waals surface area contributed by atoms with Gasteiger partial charge in [0.2, 0.25) is 0 Å². The molecule has 20 heavy (non-hydrogen) atoms. The summed E-state index contributed by atoms with van der Waals surface area (Å²) in [6.07, 6.45) is 3.68. The zero-order valence-electron chi connectivity index (χ0n) is 12.3. The van der Waals surface area contributed by atoms with Crippen molar-refractivity contribution in [1.29, 1.82) is 0 Å². The first kappa shape index (κ1) is 15.3. The van der Waals surface area contributed by atoms with E-state index in [-0.39, 0.29) is 5.82 Å². The molecular formula is C16H25FN2O. The molecule has 0 saturated carbocycles. The molecular weight excluding hydrogens is 255 g/mol. The highest BCUT2D eigenvalue weighted by molar-refractivity contribution is 5.45. The summed E-state index contributed by atoms with van der Waals surface area (Å²) < 4.78 is 18.8. The number of nitrogens with one attached hydrogen (secondary N) is 1. The molecule has 0 unspecified atom stereocenters. The number of anilines is 1. The Morgan fingerprint density at radius 1 is 1.25 bits per heavy atom. The van der Waals surface area contributed by atoms with Crippen molar-refractivity contribution in [2.24, 2.45) is 0 Å². The van der Waals surface area contributed by atoms with Crippen molar-refractivity contribution >= 4 is 5.69 Å². The van der Waals surface area contributed by atoms with Gasteiger partial charge < -0.3 is 15.0 Å². The van der Waals surface area contributed by atoms with Crippen molar-refractivity contribution in [2.75, 3.05) is 37.7 Å². The maximum Gasteiger partial charge on any atom is 0.123 e. The molecule has 0 atom stereocenters. The first-order valence-electron chi connectivity index (χ1n) is 7.62. The lowest BCUT2D eigenvalue weighted by Gasteiger charge is -2.25. The van der Waals surface area contributed by atoms with Crippen LogP contribution in [0.3, 0.4) is 0 Å². The topological polar surface area (TPSA) is 24.5 Å². The number of hydrogen-bond donors (Lipinski definition) is 1. The van der Waals surface area contributed by atoms with Gasteiger partial charge >= 0.3 is 0 Å². The summed E-state index contributed by atoms with van der Waals surface area (Å²) >= 11 is 0. The highest BCUT2D eigenvalue weighted by atomic mass is 19.1. The van der Waals surface area contributed by atoms with Crippen molar-refractivity contribution in [2.45, 2.75) is 32.3 Å². The summed E-state index contributed by atoms with van der Waals surface area (Å²) in [5, 5.41) is 3.34. The molecule has 1 heterocycles. The van der Waals surface area contributed by atoms with Gasteiger partial charge in [-0.2, -0.15) is 0 Å². The Labute approximate surface area is 121 Å². The number of rotatable bonds is 7. The molecule has 1 aromatic carbocycles. The van der Waals surface area contributed by atoms with Gasteiger partial charge in [-0.3, -0.25) is 0 Å². The van der Waals surface area contributed by atoms with Crippen LogP contribution >= 0.6 is 0 Å². The lowest BCUT2D eigenvalue weighted by atomic mass is 10.1. The van der Waals surface area contributed by atoms with E-state index >= 15 is 0 Å². The number of halogens is 1. The molecule has 1 N–H and O–H groups in total. The summed E-state index contributed by atoms with van der Waals surface area (Å²) in [6, 6.07) is 6.71. The third-order valence-electron chi connectivity index (χ3n) is 3.79. The first-order chi connectivity index (χ1) is 9.79. The van der Waals surface area contributed by atoms with Crippen LogP contribution in [-0.2, 0) is 4.74 Å². The van der Waals surface area contributed by atoms with Gasteiger partial charge in [-0.25, -0.2) is 4.39 Å². The predicted molar refractivity (Wildman–Crippen MR) is 80.7 cm³/mol. The third kappa shape index (κ3) is 4.76. The van der Waals surface area contributed by atoms with E-state index in [4.69, 9.17) is 4.74 Å². The molecule has 0 bridgehead atoms. The van der Waals surface area contributed by atoms with Gasteiger partial charge in [0, 0.05) is 25.4 Å². The quantitative estimate of drug-likeness (QED) is 0.777. The molecule has 2 rings (SSSR count). The highest BCUT2D eigenvalue weighted by Crippen LogP contribution is 2.15. The van der Waals surface area contributed by atoms with Crippen molar-refractivity contribution < 1.29 is 9.13 Å². The summed E-state index contributed by atoms with van der Waals surface area (Å²) in [5.74, 6) is -0.181. The highest BCUT2D eigenvalue weighted by Gasteiger charge is 2.13. The molecule has 0 spiro atoms. The first-order valence-corrected chi connectivity index (χ1v) is 7.62. The van der Waals surface area contributed by atoms with Gasteiger partial charge in [0.1, 0.15) is 5.82 Å². The fourth-order valence-electron chi connectivity index (χ4n) is 2.59. The Balaban J connectivity index is 1.69. The zero-order valence-corrected chi connectivity index (χ0v) is 12.3. The molecule has 1 aromatic rings. The Morgan fingerprint density at radius 3 is 2.60 bits per heavy atom.